The maximum absolute atomic E-state index is 6.36. The summed E-state index contributed by atoms with van der Waals surface area (Å²) >= 11 is 3.48. The first-order chi connectivity index (χ1) is 9.16. The first kappa shape index (κ1) is 12.3. The molecule has 0 spiro atoms. The summed E-state index contributed by atoms with van der Waals surface area (Å²) < 4.78 is 3.02. The maximum Gasteiger partial charge on any atom is 0.137 e. The van der Waals surface area contributed by atoms with E-state index in [4.69, 9.17) is 5.73 Å². The van der Waals surface area contributed by atoms with Crippen molar-refractivity contribution in [1.82, 2.24) is 14.4 Å². The fourth-order valence-corrected chi connectivity index (χ4v) is 2.58. The van der Waals surface area contributed by atoms with Crippen LogP contribution < -0.4 is 5.73 Å². The van der Waals surface area contributed by atoms with Crippen molar-refractivity contribution in [3.05, 3.63) is 64.3 Å². The molecule has 0 fully saturated rings. The van der Waals surface area contributed by atoms with E-state index in [9.17, 15) is 0 Å². The molecule has 5 heteroatoms. The zero-order chi connectivity index (χ0) is 13.4. The molecule has 1 unspecified atom stereocenters. The smallest absolute Gasteiger partial charge is 0.137 e. The topological polar surface area (TPSA) is 56.2 Å². The van der Waals surface area contributed by atoms with Crippen LogP contribution in [0.5, 0.6) is 0 Å². The van der Waals surface area contributed by atoms with E-state index in [1.54, 1.807) is 12.4 Å². The van der Waals surface area contributed by atoms with Crippen LogP contribution in [-0.4, -0.2) is 14.4 Å². The van der Waals surface area contributed by atoms with Crippen molar-refractivity contribution in [3.63, 3.8) is 0 Å². The van der Waals surface area contributed by atoms with E-state index in [2.05, 4.69) is 25.9 Å². The molecule has 0 radical (unpaired) electrons. The molecule has 19 heavy (non-hydrogen) atoms. The second-order valence-corrected chi connectivity index (χ2v) is 5.34. The number of hydrogen-bond acceptors (Lipinski definition) is 3. The molecule has 0 aliphatic carbocycles. The van der Waals surface area contributed by atoms with E-state index in [1.165, 1.54) is 0 Å². The molecule has 3 heterocycles. The second-order valence-electron chi connectivity index (χ2n) is 4.42. The van der Waals surface area contributed by atoms with Crippen molar-refractivity contribution in [3.8, 4) is 0 Å². The molecule has 0 bridgehead atoms. The van der Waals surface area contributed by atoms with E-state index < -0.39 is 0 Å². The average molecular weight is 317 g/mol. The average Bonchev–Trinajstić information content (AvgIpc) is 2.74. The van der Waals surface area contributed by atoms with Crippen molar-refractivity contribution >= 4 is 21.6 Å². The van der Waals surface area contributed by atoms with Gasteiger partial charge in [0.05, 0.1) is 17.4 Å². The molecule has 96 valence electrons. The number of pyridine rings is 2. The third-order valence-electron chi connectivity index (χ3n) is 3.14. The lowest BCUT2D eigenvalue weighted by Crippen LogP contribution is -2.15. The SMILES string of the molecule is Cc1nc2ccc(Br)cn2c1C(N)c1cccnc1. The zero-order valence-electron chi connectivity index (χ0n) is 10.4. The van der Waals surface area contributed by atoms with Gasteiger partial charge in [0.15, 0.2) is 0 Å². The van der Waals surface area contributed by atoms with Crippen LogP contribution >= 0.6 is 15.9 Å². The normalized spacial score (nSPS) is 12.8. The molecule has 0 aliphatic heterocycles. The number of nitrogens with zero attached hydrogens (tertiary/aromatic N) is 3. The lowest BCUT2D eigenvalue weighted by atomic mass is 10.1. The van der Waals surface area contributed by atoms with Crippen LogP contribution in [0.2, 0.25) is 0 Å². The molecule has 1 atom stereocenters. The van der Waals surface area contributed by atoms with E-state index in [0.29, 0.717) is 0 Å². The third kappa shape index (κ3) is 2.15. The predicted octanol–water partition coefficient (Wildman–Crippen LogP) is 2.85. The Bertz CT molecular complexity index is 721. The molecule has 3 aromatic rings. The minimum Gasteiger partial charge on any atom is -0.319 e. The highest BCUT2D eigenvalue weighted by molar-refractivity contribution is 9.10. The van der Waals surface area contributed by atoms with Gasteiger partial charge in [0.1, 0.15) is 5.65 Å². The molecule has 0 saturated carbocycles. The van der Waals surface area contributed by atoms with Gasteiger partial charge in [-0.25, -0.2) is 4.98 Å². The van der Waals surface area contributed by atoms with Crippen LogP contribution in [-0.2, 0) is 0 Å². The van der Waals surface area contributed by atoms with Crippen molar-refractivity contribution in [2.45, 2.75) is 13.0 Å². The highest BCUT2D eigenvalue weighted by Gasteiger charge is 2.17. The zero-order valence-corrected chi connectivity index (χ0v) is 12.0. The Kier molecular flexibility index (Phi) is 3.08. The maximum atomic E-state index is 6.36. The first-order valence-electron chi connectivity index (χ1n) is 5.96. The van der Waals surface area contributed by atoms with Gasteiger partial charge in [0.25, 0.3) is 0 Å². The third-order valence-corrected chi connectivity index (χ3v) is 3.61. The molecule has 0 aromatic carbocycles. The first-order valence-corrected chi connectivity index (χ1v) is 6.76. The van der Waals surface area contributed by atoms with Gasteiger partial charge in [0.2, 0.25) is 0 Å². The Hall–Kier alpha value is -1.72. The monoisotopic (exact) mass is 316 g/mol. The number of halogens is 1. The van der Waals surface area contributed by atoms with Crippen molar-refractivity contribution in [1.29, 1.82) is 0 Å². The Morgan fingerprint density at radius 1 is 1.32 bits per heavy atom. The molecule has 3 rings (SSSR count). The van der Waals surface area contributed by atoms with Gasteiger partial charge in [-0.05, 0) is 46.6 Å². The van der Waals surface area contributed by atoms with Gasteiger partial charge in [-0.1, -0.05) is 6.07 Å². The van der Waals surface area contributed by atoms with Gasteiger partial charge in [-0.2, -0.15) is 0 Å². The fraction of sp³-hybridized carbons (Fsp3) is 0.143. The summed E-state index contributed by atoms with van der Waals surface area (Å²) in [5.41, 5.74) is 10.2. The Labute approximate surface area is 119 Å². The lowest BCUT2D eigenvalue weighted by Gasteiger charge is -2.12. The highest BCUT2D eigenvalue weighted by atomic mass is 79.9. The molecule has 0 aliphatic rings. The number of hydrogen-bond donors (Lipinski definition) is 1. The van der Waals surface area contributed by atoms with E-state index >= 15 is 0 Å². The van der Waals surface area contributed by atoms with Gasteiger partial charge in [0, 0.05) is 23.1 Å². The van der Waals surface area contributed by atoms with E-state index in [-0.39, 0.29) is 6.04 Å². The molecular formula is C14H13BrN4. The summed E-state index contributed by atoms with van der Waals surface area (Å²) in [7, 11) is 0. The van der Waals surface area contributed by atoms with Crippen LogP contribution in [0.25, 0.3) is 5.65 Å². The van der Waals surface area contributed by atoms with Crippen molar-refractivity contribution in [2.24, 2.45) is 5.73 Å². The summed E-state index contributed by atoms with van der Waals surface area (Å²) in [4.78, 5) is 8.67. The molecular weight excluding hydrogens is 304 g/mol. The molecule has 0 saturated heterocycles. The molecule has 2 N–H and O–H groups in total. The quantitative estimate of drug-likeness (QED) is 0.791. The predicted molar refractivity (Wildman–Crippen MR) is 77.9 cm³/mol. The number of nitrogens with two attached hydrogens (primary N) is 1. The van der Waals surface area contributed by atoms with Gasteiger partial charge < -0.3 is 10.1 Å². The fourth-order valence-electron chi connectivity index (χ4n) is 2.25. The van der Waals surface area contributed by atoms with Gasteiger partial charge >= 0.3 is 0 Å². The van der Waals surface area contributed by atoms with Gasteiger partial charge in [-0.15, -0.1) is 0 Å². The number of fused-ring (bicyclic) bond motifs is 1. The second kappa shape index (κ2) is 4.75. The highest BCUT2D eigenvalue weighted by Crippen LogP contribution is 2.24. The van der Waals surface area contributed by atoms with Crippen LogP contribution in [0.15, 0.2) is 47.3 Å². The minimum absolute atomic E-state index is 0.238. The van der Waals surface area contributed by atoms with Gasteiger partial charge in [-0.3, -0.25) is 4.98 Å². The summed E-state index contributed by atoms with van der Waals surface area (Å²) in [6, 6.07) is 7.58. The minimum atomic E-state index is -0.238. The Balaban J connectivity index is 2.19. The molecule has 4 nitrogen and oxygen atoms in total. The number of aryl methyl sites for hydroxylation is 1. The Morgan fingerprint density at radius 2 is 2.16 bits per heavy atom. The largest absolute Gasteiger partial charge is 0.319 e. The lowest BCUT2D eigenvalue weighted by molar-refractivity contribution is 0.799. The van der Waals surface area contributed by atoms with E-state index in [0.717, 1.165) is 27.1 Å². The number of aromatic nitrogens is 3. The standard InChI is InChI=1S/C14H13BrN4/c1-9-14(13(16)10-3-2-6-17-7-10)19-8-11(15)4-5-12(19)18-9/h2-8,13H,16H2,1H3. The van der Waals surface area contributed by atoms with Crippen LogP contribution in [0.1, 0.15) is 23.0 Å². The Morgan fingerprint density at radius 3 is 2.89 bits per heavy atom. The number of rotatable bonds is 2. The summed E-state index contributed by atoms with van der Waals surface area (Å²) in [6.45, 7) is 1.98. The summed E-state index contributed by atoms with van der Waals surface area (Å²) in [5, 5.41) is 0. The summed E-state index contributed by atoms with van der Waals surface area (Å²) in [5.74, 6) is 0. The van der Waals surface area contributed by atoms with Crippen LogP contribution in [0, 0.1) is 6.92 Å². The molecule has 0 amide bonds. The molecule has 3 aromatic heterocycles. The van der Waals surface area contributed by atoms with Crippen molar-refractivity contribution < 1.29 is 0 Å². The summed E-state index contributed by atoms with van der Waals surface area (Å²) in [6.07, 6.45) is 5.52. The number of imidazole rings is 1. The van der Waals surface area contributed by atoms with Crippen molar-refractivity contribution in [2.75, 3.05) is 0 Å². The van der Waals surface area contributed by atoms with Crippen LogP contribution in [0.3, 0.4) is 0 Å². The van der Waals surface area contributed by atoms with E-state index in [1.807, 2.05) is 41.8 Å². The van der Waals surface area contributed by atoms with Crippen LogP contribution in [0.4, 0.5) is 0 Å².